The average Bonchev–Trinajstić information content (AvgIpc) is 3.72. The number of fused-ring (bicyclic) bond motifs is 5. The van der Waals surface area contributed by atoms with E-state index in [1.54, 1.807) is 0 Å². The van der Waals surface area contributed by atoms with Gasteiger partial charge in [-0.2, -0.15) is 0 Å². The molecule has 0 aliphatic carbocycles. The zero-order valence-corrected chi connectivity index (χ0v) is 31.9. The van der Waals surface area contributed by atoms with Gasteiger partial charge in [0.2, 0.25) is 0 Å². The summed E-state index contributed by atoms with van der Waals surface area (Å²) < 4.78 is 2.25. The molecule has 4 aromatic heterocycles. The van der Waals surface area contributed by atoms with E-state index in [1.807, 2.05) is 42.5 Å². The number of benzene rings is 7. The van der Waals surface area contributed by atoms with Crippen LogP contribution in [0.3, 0.4) is 0 Å². The molecule has 0 N–H and O–H groups in total. The first-order valence-corrected chi connectivity index (χ1v) is 19.8. The van der Waals surface area contributed by atoms with Crippen LogP contribution in [-0.2, 0) is 0 Å². The van der Waals surface area contributed by atoms with Crippen LogP contribution in [-0.4, -0.2) is 24.3 Å². The molecule has 0 aliphatic heterocycles. The van der Waals surface area contributed by atoms with Crippen LogP contribution in [0.1, 0.15) is 0 Å². The summed E-state index contributed by atoms with van der Waals surface area (Å²) in [6.07, 6.45) is 2.15. The maximum Gasteiger partial charge on any atom is 0.160 e. The molecular formula is C54H35N5. The van der Waals surface area contributed by atoms with E-state index in [-0.39, 0.29) is 0 Å². The Labute approximate surface area is 341 Å². The van der Waals surface area contributed by atoms with Gasteiger partial charge in [-0.15, -0.1) is 0 Å². The van der Waals surface area contributed by atoms with Gasteiger partial charge in [0.1, 0.15) is 5.65 Å². The molecule has 5 nitrogen and oxygen atoms in total. The summed E-state index contributed by atoms with van der Waals surface area (Å²) in [6.45, 7) is 0. The van der Waals surface area contributed by atoms with E-state index in [9.17, 15) is 0 Å². The normalized spacial score (nSPS) is 11.4. The van der Waals surface area contributed by atoms with E-state index in [2.05, 4.69) is 174 Å². The minimum atomic E-state index is 0.707. The van der Waals surface area contributed by atoms with Crippen LogP contribution < -0.4 is 0 Å². The lowest BCUT2D eigenvalue weighted by atomic mass is 9.99. The molecule has 0 atom stereocenters. The Bertz CT molecular complexity index is 3210. The Morgan fingerprint density at radius 2 is 0.797 bits per heavy atom. The molecule has 59 heavy (non-hydrogen) atoms. The minimum Gasteiger partial charge on any atom is -0.298 e. The van der Waals surface area contributed by atoms with Crippen molar-refractivity contribution in [2.24, 2.45) is 0 Å². The second kappa shape index (κ2) is 14.5. The molecule has 0 saturated heterocycles. The highest BCUT2D eigenvalue weighted by Gasteiger charge is 2.21. The topological polar surface area (TPSA) is 56.0 Å². The highest BCUT2D eigenvalue weighted by Crippen LogP contribution is 2.40. The molecule has 7 aromatic carbocycles. The molecule has 11 rings (SSSR count). The molecule has 0 unspecified atom stereocenters. The van der Waals surface area contributed by atoms with Gasteiger partial charge < -0.3 is 0 Å². The van der Waals surface area contributed by atoms with Gasteiger partial charge in [0, 0.05) is 55.7 Å². The Hall–Kier alpha value is -8.02. The van der Waals surface area contributed by atoms with Gasteiger partial charge in [-0.1, -0.05) is 188 Å². The number of rotatable bonds is 7. The lowest BCUT2D eigenvalue weighted by molar-refractivity contribution is 1.18. The van der Waals surface area contributed by atoms with E-state index in [0.717, 1.165) is 100 Å². The molecule has 0 amide bonds. The van der Waals surface area contributed by atoms with Crippen LogP contribution in [0.2, 0.25) is 0 Å². The molecule has 0 aliphatic rings. The fourth-order valence-corrected chi connectivity index (χ4v) is 8.14. The first kappa shape index (κ1) is 34.2. The summed E-state index contributed by atoms with van der Waals surface area (Å²) in [6, 6.07) is 71.5. The Morgan fingerprint density at radius 1 is 0.322 bits per heavy atom. The Balaban J connectivity index is 1.00. The maximum absolute atomic E-state index is 5.47. The average molecular weight is 754 g/mol. The van der Waals surface area contributed by atoms with Crippen molar-refractivity contribution in [1.29, 1.82) is 0 Å². The number of hydrogen-bond acceptors (Lipinski definition) is 4. The third-order valence-corrected chi connectivity index (χ3v) is 11.0. The molecular weight excluding hydrogens is 719 g/mol. The van der Waals surface area contributed by atoms with Gasteiger partial charge in [-0.05, 0) is 29.3 Å². The van der Waals surface area contributed by atoms with Crippen molar-refractivity contribution in [1.82, 2.24) is 24.3 Å². The summed E-state index contributed by atoms with van der Waals surface area (Å²) >= 11 is 0. The van der Waals surface area contributed by atoms with Crippen LogP contribution in [0.15, 0.2) is 212 Å². The lowest BCUT2D eigenvalue weighted by Crippen LogP contribution is -1.95. The maximum atomic E-state index is 5.47. The van der Waals surface area contributed by atoms with Gasteiger partial charge in [0.15, 0.2) is 5.82 Å². The van der Waals surface area contributed by atoms with E-state index in [0.29, 0.717) is 5.82 Å². The van der Waals surface area contributed by atoms with Crippen LogP contribution in [0.25, 0.3) is 106 Å². The van der Waals surface area contributed by atoms with Crippen molar-refractivity contribution in [3.8, 4) is 78.8 Å². The zero-order valence-electron chi connectivity index (χ0n) is 31.9. The number of aromatic nitrogens is 5. The van der Waals surface area contributed by atoms with E-state index < -0.39 is 0 Å². The largest absolute Gasteiger partial charge is 0.298 e. The van der Waals surface area contributed by atoms with Gasteiger partial charge in [0.25, 0.3) is 0 Å². The fraction of sp³-hybridized carbons (Fsp3) is 0. The lowest BCUT2D eigenvalue weighted by Gasteiger charge is -2.12. The molecule has 0 bridgehead atoms. The second-order valence-electron chi connectivity index (χ2n) is 14.7. The first-order chi connectivity index (χ1) is 29.2. The molecule has 0 spiro atoms. The van der Waals surface area contributed by atoms with E-state index in [1.165, 1.54) is 0 Å². The Kier molecular flexibility index (Phi) is 8.41. The smallest absolute Gasteiger partial charge is 0.160 e. The third-order valence-electron chi connectivity index (χ3n) is 11.0. The number of hydrogen-bond donors (Lipinski definition) is 0. The van der Waals surface area contributed by atoms with Crippen molar-refractivity contribution >= 4 is 27.3 Å². The van der Waals surface area contributed by atoms with Crippen molar-refractivity contribution < 1.29 is 0 Å². The molecule has 4 heterocycles. The standard InChI is InChI=1S/C54H35N5/c1-5-15-38(16-6-1)47-35-48(57-53(56-47)43-21-11-4-12-22-43)39-29-25-36(26-30-39)37-27-31-42(32-28-37)52-51(41-19-9-3-10-20-41)58-54-49-44-23-13-14-24-46(44)55-50(40-17-7-2-8-18-40)45(49)33-34-59(52)54/h1-35H. The van der Waals surface area contributed by atoms with Crippen LogP contribution in [0.5, 0.6) is 0 Å². The number of para-hydroxylation sites is 1. The summed E-state index contributed by atoms with van der Waals surface area (Å²) in [5.41, 5.74) is 15.1. The Morgan fingerprint density at radius 3 is 1.41 bits per heavy atom. The predicted octanol–water partition coefficient (Wildman–Crippen LogP) is 13.5. The van der Waals surface area contributed by atoms with Gasteiger partial charge >= 0.3 is 0 Å². The molecule has 0 fully saturated rings. The van der Waals surface area contributed by atoms with Gasteiger partial charge in [0.05, 0.1) is 34.0 Å². The molecule has 0 saturated carbocycles. The van der Waals surface area contributed by atoms with Crippen molar-refractivity contribution in [3.05, 3.63) is 212 Å². The molecule has 276 valence electrons. The highest BCUT2D eigenvalue weighted by molar-refractivity contribution is 6.17. The van der Waals surface area contributed by atoms with Crippen LogP contribution in [0, 0.1) is 0 Å². The molecule has 11 aromatic rings. The monoisotopic (exact) mass is 753 g/mol. The highest BCUT2D eigenvalue weighted by atomic mass is 15.0. The molecule has 5 heteroatoms. The number of pyridine rings is 2. The van der Waals surface area contributed by atoms with E-state index in [4.69, 9.17) is 19.9 Å². The van der Waals surface area contributed by atoms with Crippen molar-refractivity contribution in [3.63, 3.8) is 0 Å². The predicted molar refractivity (Wildman–Crippen MR) is 242 cm³/mol. The van der Waals surface area contributed by atoms with Crippen LogP contribution >= 0.6 is 0 Å². The minimum absolute atomic E-state index is 0.707. The second-order valence-corrected chi connectivity index (χ2v) is 14.7. The van der Waals surface area contributed by atoms with Crippen LogP contribution in [0.4, 0.5) is 0 Å². The molecule has 0 radical (unpaired) electrons. The number of imidazole rings is 1. The SMILES string of the molecule is c1ccc(-c2cc(-c3ccc(-c4ccc(-c5c(-c6ccccc6)nc6c7c(ccn56)c(-c5ccccc5)nc5ccccc57)cc4)cc3)nc(-c3ccccc3)n2)cc1. The van der Waals surface area contributed by atoms with Crippen molar-refractivity contribution in [2.45, 2.75) is 0 Å². The first-order valence-electron chi connectivity index (χ1n) is 19.8. The van der Waals surface area contributed by atoms with Gasteiger partial charge in [-0.3, -0.25) is 4.40 Å². The van der Waals surface area contributed by atoms with Gasteiger partial charge in [-0.25, -0.2) is 19.9 Å². The van der Waals surface area contributed by atoms with Crippen molar-refractivity contribution in [2.75, 3.05) is 0 Å². The number of nitrogens with zero attached hydrogens (tertiary/aromatic N) is 5. The van der Waals surface area contributed by atoms with E-state index >= 15 is 0 Å². The summed E-state index contributed by atoms with van der Waals surface area (Å²) in [4.78, 5) is 20.6. The summed E-state index contributed by atoms with van der Waals surface area (Å²) in [7, 11) is 0. The quantitative estimate of drug-likeness (QED) is 0.152. The summed E-state index contributed by atoms with van der Waals surface area (Å²) in [5.74, 6) is 0.707. The zero-order chi connectivity index (χ0) is 39.1. The third kappa shape index (κ3) is 6.22. The fourth-order valence-electron chi connectivity index (χ4n) is 8.14. The summed E-state index contributed by atoms with van der Waals surface area (Å²) in [5, 5.41) is 3.25.